The van der Waals surface area contributed by atoms with Gasteiger partial charge in [0.2, 0.25) is 5.91 Å². The van der Waals surface area contributed by atoms with E-state index in [-0.39, 0.29) is 17.5 Å². The van der Waals surface area contributed by atoms with Gasteiger partial charge in [0, 0.05) is 29.4 Å². The maximum absolute atomic E-state index is 14.9. The zero-order valence-electron chi connectivity index (χ0n) is 24.0. The highest BCUT2D eigenvalue weighted by molar-refractivity contribution is 6.18. The summed E-state index contributed by atoms with van der Waals surface area (Å²) in [6.07, 6.45) is 3.90. The van der Waals surface area contributed by atoms with Gasteiger partial charge >= 0.3 is 5.97 Å². The third-order valence-electron chi connectivity index (χ3n) is 8.87. The van der Waals surface area contributed by atoms with Gasteiger partial charge in [-0.25, -0.2) is 0 Å². The number of rotatable bonds is 6. The van der Waals surface area contributed by atoms with Gasteiger partial charge in [-0.1, -0.05) is 48.6 Å². The van der Waals surface area contributed by atoms with E-state index in [0.717, 1.165) is 11.3 Å². The van der Waals surface area contributed by atoms with Crippen molar-refractivity contribution in [3.63, 3.8) is 0 Å². The molecule has 1 N–H and O–H groups in total. The van der Waals surface area contributed by atoms with E-state index >= 15 is 0 Å². The van der Waals surface area contributed by atoms with Crippen LogP contribution in [0.4, 0.5) is 11.4 Å². The van der Waals surface area contributed by atoms with Gasteiger partial charge in [0.05, 0.1) is 19.1 Å². The van der Waals surface area contributed by atoms with Crippen molar-refractivity contribution in [1.82, 2.24) is 0 Å². The number of benzene rings is 4. The average Bonchev–Trinajstić information content (AvgIpc) is 3.52. The molecule has 1 fully saturated rings. The van der Waals surface area contributed by atoms with E-state index in [9.17, 15) is 19.2 Å². The maximum Gasteiger partial charge on any atom is 0.308 e. The number of carbonyl (C=O) groups is 4. The average molecular weight is 585 g/mol. The smallest absolute Gasteiger partial charge is 0.308 e. The van der Waals surface area contributed by atoms with Gasteiger partial charge in [0.25, 0.3) is 0 Å². The molecule has 8 nitrogen and oxygen atoms in total. The standard InChI is InChI=1S/C36H28N2O6/c1-21(39)44-26-18-13-24(14-19-26)34(41)32-31(33(40)23-11-16-25(43-2)17-12-23)36(27-8-4-5-9-28(27)37-35(36)42)30-20-15-22-7-3-6-10-29(22)38(30)32/h3-20,30-32H,1-2H3,(H,37,42)/t30-,31+,32+,36-/m1/s1. The Labute approximate surface area is 253 Å². The molecule has 4 aromatic rings. The van der Waals surface area contributed by atoms with Crippen LogP contribution >= 0.6 is 0 Å². The van der Waals surface area contributed by atoms with Crippen LogP contribution in [0.25, 0.3) is 6.08 Å². The fraction of sp³-hybridized carbons (Fsp3) is 0.167. The summed E-state index contributed by atoms with van der Waals surface area (Å²) in [7, 11) is 1.55. The molecule has 3 heterocycles. The lowest BCUT2D eigenvalue weighted by Gasteiger charge is -2.37. The minimum atomic E-state index is -1.41. The number of hydrogen-bond donors (Lipinski definition) is 1. The van der Waals surface area contributed by atoms with Crippen LogP contribution in [-0.4, -0.2) is 42.6 Å². The lowest BCUT2D eigenvalue weighted by molar-refractivity contribution is -0.131. The number of methoxy groups -OCH3 is 1. The van der Waals surface area contributed by atoms with E-state index in [1.165, 1.54) is 6.92 Å². The summed E-state index contributed by atoms with van der Waals surface area (Å²) < 4.78 is 10.5. The highest BCUT2D eigenvalue weighted by atomic mass is 16.5. The molecule has 0 radical (unpaired) electrons. The molecule has 44 heavy (non-hydrogen) atoms. The Morgan fingerprint density at radius 2 is 1.43 bits per heavy atom. The molecule has 4 aromatic carbocycles. The monoisotopic (exact) mass is 584 g/mol. The number of Topliss-reactive ketones (excluding diaryl/α,β-unsaturated/α-hetero) is 2. The lowest BCUT2D eigenvalue weighted by Crippen LogP contribution is -2.51. The quantitative estimate of drug-likeness (QED) is 0.182. The van der Waals surface area contributed by atoms with E-state index in [1.54, 1.807) is 55.6 Å². The summed E-state index contributed by atoms with van der Waals surface area (Å²) in [6.45, 7) is 1.30. The Bertz CT molecular complexity index is 1860. The van der Waals surface area contributed by atoms with Crippen molar-refractivity contribution in [3.05, 3.63) is 125 Å². The van der Waals surface area contributed by atoms with Crippen LogP contribution in [0.1, 0.15) is 38.8 Å². The molecule has 0 aromatic heterocycles. The summed E-state index contributed by atoms with van der Waals surface area (Å²) in [5.41, 5.74) is 2.23. The zero-order chi connectivity index (χ0) is 30.6. The van der Waals surface area contributed by atoms with Crippen molar-refractivity contribution >= 4 is 40.9 Å². The van der Waals surface area contributed by atoms with Crippen LogP contribution in [0, 0.1) is 5.92 Å². The number of ether oxygens (including phenoxy) is 2. The third kappa shape index (κ3) is 3.98. The summed E-state index contributed by atoms with van der Waals surface area (Å²) in [5.74, 6) is -1.66. The van der Waals surface area contributed by atoms with Gasteiger partial charge < -0.3 is 19.7 Å². The summed E-state index contributed by atoms with van der Waals surface area (Å²) in [5, 5.41) is 3.04. The SMILES string of the molecule is COc1ccc(C(=O)[C@@H]2[C@@H](C(=O)c3ccc(OC(C)=O)cc3)N3c4ccccc4C=C[C@@H]3[C@@]23C(=O)Nc2ccccc23)cc1. The Morgan fingerprint density at radius 3 is 2.14 bits per heavy atom. The van der Waals surface area contributed by atoms with Gasteiger partial charge in [0.15, 0.2) is 11.6 Å². The number of amides is 1. The van der Waals surface area contributed by atoms with Crippen molar-refractivity contribution in [2.75, 3.05) is 17.3 Å². The second kappa shape index (κ2) is 10.3. The van der Waals surface area contributed by atoms with Crippen LogP contribution in [0.15, 0.2) is 103 Å². The number of anilines is 2. The lowest BCUT2D eigenvalue weighted by atomic mass is 9.64. The molecule has 8 heteroatoms. The molecule has 0 unspecified atom stereocenters. The summed E-state index contributed by atoms with van der Waals surface area (Å²) >= 11 is 0. The fourth-order valence-electron chi connectivity index (χ4n) is 7.08. The van der Waals surface area contributed by atoms with E-state index in [0.29, 0.717) is 33.9 Å². The topological polar surface area (TPSA) is 102 Å². The predicted octanol–water partition coefficient (Wildman–Crippen LogP) is 5.48. The Balaban J connectivity index is 1.47. The van der Waals surface area contributed by atoms with Gasteiger partial charge in [-0.3, -0.25) is 19.2 Å². The van der Waals surface area contributed by atoms with Crippen LogP contribution in [-0.2, 0) is 15.0 Å². The number of fused-ring (bicyclic) bond motifs is 6. The molecular formula is C36H28N2O6. The van der Waals surface area contributed by atoms with Crippen molar-refractivity contribution in [2.24, 2.45) is 5.92 Å². The van der Waals surface area contributed by atoms with Crippen molar-refractivity contribution < 1.29 is 28.7 Å². The number of ketones is 2. The molecule has 4 atom stereocenters. The first kappa shape index (κ1) is 27.3. The van der Waals surface area contributed by atoms with Crippen LogP contribution in [0.5, 0.6) is 11.5 Å². The van der Waals surface area contributed by atoms with Gasteiger partial charge in [0.1, 0.15) is 23.0 Å². The highest BCUT2D eigenvalue weighted by Gasteiger charge is 2.70. The van der Waals surface area contributed by atoms with Gasteiger partial charge in [-0.05, 0) is 71.8 Å². The first-order valence-corrected chi connectivity index (χ1v) is 14.3. The number of nitrogens with zero attached hydrogens (tertiary/aromatic N) is 1. The molecule has 3 aliphatic rings. The van der Waals surface area contributed by atoms with Crippen molar-refractivity contribution in [3.8, 4) is 11.5 Å². The summed E-state index contributed by atoms with van der Waals surface area (Å²) in [6, 6.07) is 26.4. The number of nitrogens with one attached hydrogen (secondary N) is 1. The van der Waals surface area contributed by atoms with Gasteiger partial charge in [-0.2, -0.15) is 0 Å². The molecule has 1 saturated heterocycles. The predicted molar refractivity (Wildman–Crippen MR) is 165 cm³/mol. The highest BCUT2D eigenvalue weighted by Crippen LogP contribution is 2.58. The number of carbonyl (C=O) groups excluding carboxylic acids is 4. The van der Waals surface area contributed by atoms with Crippen LogP contribution < -0.4 is 19.7 Å². The maximum atomic E-state index is 14.9. The van der Waals surface area contributed by atoms with Crippen molar-refractivity contribution in [1.29, 1.82) is 0 Å². The molecule has 1 spiro atoms. The fourth-order valence-corrected chi connectivity index (χ4v) is 7.08. The minimum absolute atomic E-state index is 0.302. The van der Waals surface area contributed by atoms with E-state index in [4.69, 9.17) is 9.47 Å². The Hall–Kier alpha value is -5.50. The van der Waals surface area contributed by atoms with Crippen LogP contribution in [0.3, 0.4) is 0 Å². The first-order valence-electron chi connectivity index (χ1n) is 14.3. The summed E-state index contributed by atoms with van der Waals surface area (Å²) in [4.78, 5) is 57.5. The normalized spacial score (nSPS) is 22.5. The molecule has 3 aliphatic heterocycles. The number of hydrogen-bond acceptors (Lipinski definition) is 7. The molecule has 1 amide bonds. The second-order valence-electron chi connectivity index (χ2n) is 11.1. The van der Waals surface area contributed by atoms with E-state index in [1.807, 2.05) is 65.6 Å². The van der Waals surface area contributed by atoms with Gasteiger partial charge in [-0.15, -0.1) is 0 Å². The molecule has 218 valence electrons. The molecule has 0 bridgehead atoms. The number of esters is 1. The second-order valence-corrected chi connectivity index (χ2v) is 11.1. The van der Waals surface area contributed by atoms with E-state index in [2.05, 4.69) is 5.32 Å². The largest absolute Gasteiger partial charge is 0.497 e. The molecule has 0 aliphatic carbocycles. The van der Waals surface area contributed by atoms with Crippen molar-refractivity contribution in [2.45, 2.75) is 24.4 Å². The minimum Gasteiger partial charge on any atom is -0.497 e. The Kier molecular flexibility index (Phi) is 6.43. The molecule has 0 saturated carbocycles. The number of para-hydroxylation sites is 2. The zero-order valence-corrected chi connectivity index (χ0v) is 24.0. The molecule has 7 rings (SSSR count). The van der Waals surface area contributed by atoms with Crippen LogP contribution in [0.2, 0.25) is 0 Å². The first-order chi connectivity index (χ1) is 21.3. The third-order valence-corrected chi connectivity index (χ3v) is 8.87. The van der Waals surface area contributed by atoms with E-state index < -0.39 is 29.4 Å². The molecular weight excluding hydrogens is 556 g/mol. The Morgan fingerprint density at radius 1 is 0.795 bits per heavy atom.